The van der Waals surface area contributed by atoms with Crippen LogP contribution in [0.2, 0.25) is 0 Å². The topological polar surface area (TPSA) is 155 Å². The van der Waals surface area contributed by atoms with Gasteiger partial charge in [0.2, 0.25) is 15.9 Å². The van der Waals surface area contributed by atoms with E-state index < -0.39 is 39.2 Å². The number of nitro benzene ring substituents is 1. The number of hydrogen-bond acceptors (Lipinski definition) is 8. The number of sulfonamides is 1. The van der Waals surface area contributed by atoms with E-state index in [1.54, 1.807) is 17.9 Å². The third-order valence-electron chi connectivity index (χ3n) is 6.45. The summed E-state index contributed by atoms with van der Waals surface area (Å²) in [6, 6.07) is 6.81. The molecule has 0 N–H and O–H groups in total. The van der Waals surface area contributed by atoms with Gasteiger partial charge >= 0.3 is 0 Å². The average molecular weight is 531 g/mol. The lowest BCUT2D eigenvalue weighted by atomic mass is 9.93. The van der Waals surface area contributed by atoms with E-state index in [0.717, 1.165) is 12.5 Å². The molecule has 0 radical (unpaired) electrons. The first-order valence-corrected chi connectivity index (χ1v) is 13.5. The molecule has 2 aromatic carbocycles. The predicted molar refractivity (Wildman–Crippen MR) is 132 cm³/mol. The molecule has 2 aliphatic rings. The summed E-state index contributed by atoms with van der Waals surface area (Å²) in [6.45, 7) is 1.44. The number of carbonyl (C=O) groups excluding carboxylic acids is 4. The molecular formula is C24H26N4O8S. The van der Waals surface area contributed by atoms with E-state index in [1.807, 2.05) is 0 Å². The van der Waals surface area contributed by atoms with E-state index in [0.29, 0.717) is 27.6 Å². The van der Waals surface area contributed by atoms with Crippen LogP contribution >= 0.6 is 0 Å². The SMILES string of the molecule is CCCS(=O)(=O)N(CCCN1CCCC1=O)C(=O)CN1C(=O)c2cccc3cc([N+](=O)[O-])cc(c23)C1=O. The van der Waals surface area contributed by atoms with E-state index in [9.17, 15) is 37.7 Å². The summed E-state index contributed by atoms with van der Waals surface area (Å²) in [6.07, 6.45) is 1.61. The van der Waals surface area contributed by atoms with Crippen molar-refractivity contribution in [1.82, 2.24) is 14.1 Å². The molecule has 0 aliphatic carbocycles. The largest absolute Gasteiger partial charge is 0.343 e. The molecule has 196 valence electrons. The van der Waals surface area contributed by atoms with Crippen LogP contribution in [0.1, 0.15) is 53.3 Å². The van der Waals surface area contributed by atoms with E-state index in [4.69, 9.17) is 0 Å². The second-order valence-corrected chi connectivity index (χ2v) is 11.0. The van der Waals surface area contributed by atoms with Gasteiger partial charge in [-0.05, 0) is 30.7 Å². The standard InChI is InChI=1S/C24H26N4O8S/c1-2-12-37(35,36)27(11-5-10-25-9-4-8-20(25)29)21(30)15-26-23(31)18-7-3-6-16-13-17(28(33)34)14-19(22(16)18)24(26)32/h3,6-7,13-14H,2,4-5,8-12,15H2,1H3. The number of likely N-dealkylation sites (tertiary alicyclic amines) is 1. The first-order valence-electron chi connectivity index (χ1n) is 11.9. The highest BCUT2D eigenvalue weighted by molar-refractivity contribution is 7.89. The van der Waals surface area contributed by atoms with Crippen molar-refractivity contribution in [2.75, 3.05) is 31.9 Å². The number of amides is 4. The second kappa shape index (κ2) is 10.2. The van der Waals surface area contributed by atoms with Crippen molar-refractivity contribution in [3.8, 4) is 0 Å². The maximum atomic E-state index is 13.3. The summed E-state index contributed by atoms with van der Waals surface area (Å²) in [7, 11) is -4.04. The van der Waals surface area contributed by atoms with Gasteiger partial charge in [0.1, 0.15) is 6.54 Å². The van der Waals surface area contributed by atoms with Gasteiger partial charge in [-0.3, -0.25) is 34.2 Å². The van der Waals surface area contributed by atoms with Gasteiger partial charge in [-0.2, -0.15) is 0 Å². The maximum Gasteiger partial charge on any atom is 0.270 e. The minimum absolute atomic E-state index is 0.0271. The first-order chi connectivity index (χ1) is 17.5. The molecule has 1 fully saturated rings. The number of nitrogens with zero attached hydrogens (tertiary/aromatic N) is 4. The molecule has 0 unspecified atom stereocenters. The third-order valence-corrected chi connectivity index (χ3v) is 8.44. The zero-order valence-corrected chi connectivity index (χ0v) is 21.0. The quantitative estimate of drug-likeness (QED) is 0.256. The van der Waals surface area contributed by atoms with Gasteiger partial charge in [-0.15, -0.1) is 0 Å². The fraction of sp³-hybridized carbons (Fsp3) is 0.417. The lowest BCUT2D eigenvalue weighted by molar-refractivity contribution is -0.384. The highest BCUT2D eigenvalue weighted by atomic mass is 32.2. The Morgan fingerprint density at radius 2 is 1.86 bits per heavy atom. The summed E-state index contributed by atoms with van der Waals surface area (Å²) in [5.74, 6) is -3.01. The smallest absolute Gasteiger partial charge is 0.270 e. The van der Waals surface area contributed by atoms with Gasteiger partial charge in [-0.25, -0.2) is 12.7 Å². The molecule has 1 saturated heterocycles. The van der Waals surface area contributed by atoms with Crippen molar-refractivity contribution in [3.05, 3.63) is 51.6 Å². The van der Waals surface area contributed by atoms with E-state index in [2.05, 4.69) is 0 Å². The number of nitro groups is 1. The molecular weight excluding hydrogens is 504 g/mol. The predicted octanol–water partition coefficient (Wildman–Crippen LogP) is 1.92. The molecule has 0 atom stereocenters. The molecule has 37 heavy (non-hydrogen) atoms. The second-order valence-electron chi connectivity index (χ2n) is 8.97. The Balaban J connectivity index is 1.61. The number of benzene rings is 2. The van der Waals surface area contributed by atoms with Crippen LogP contribution in [0.4, 0.5) is 5.69 Å². The van der Waals surface area contributed by atoms with Crippen molar-refractivity contribution in [2.45, 2.75) is 32.6 Å². The number of non-ortho nitro benzene ring substituents is 1. The molecule has 0 aromatic heterocycles. The van der Waals surface area contributed by atoms with E-state index in [1.165, 1.54) is 18.2 Å². The van der Waals surface area contributed by atoms with Gasteiger partial charge in [0.05, 0.1) is 16.2 Å². The minimum atomic E-state index is -4.04. The van der Waals surface area contributed by atoms with Crippen molar-refractivity contribution in [3.63, 3.8) is 0 Å². The van der Waals surface area contributed by atoms with Crippen LogP contribution in [0.3, 0.4) is 0 Å². The molecule has 2 aliphatic heterocycles. The molecule has 4 rings (SSSR count). The average Bonchev–Trinajstić information content (AvgIpc) is 3.26. The summed E-state index contributed by atoms with van der Waals surface area (Å²) in [4.78, 5) is 64.5. The number of carbonyl (C=O) groups is 4. The molecule has 0 spiro atoms. The maximum absolute atomic E-state index is 13.3. The van der Waals surface area contributed by atoms with Crippen molar-refractivity contribution in [2.24, 2.45) is 0 Å². The Labute approximate surface area is 213 Å². The van der Waals surface area contributed by atoms with Crippen LogP contribution in [0, 0.1) is 10.1 Å². The first kappa shape index (κ1) is 26.2. The number of imide groups is 1. The summed E-state index contributed by atoms with van der Waals surface area (Å²) in [5, 5.41) is 12.0. The van der Waals surface area contributed by atoms with Gasteiger partial charge in [0.15, 0.2) is 0 Å². The minimum Gasteiger partial charge on any atom is -0.343 e. The highest BCUT2D eigenvalue weighted by Crippen LogP contribution is 2.33. The van der Waals surface area contributed by atoms with Crippen molar-refractivity contribution in [1.29, 1.82) is 0 Å². The van der Waals surface area contributed by atoms with E-state index >= 15 is 0 Å². The molecule has 0 saturated carbocycles. The van der Waals surface area contributed by atoms with E-state index in [-0.39, 0.29) is 59.8 Å². The fourth-order valence-corrected chi connectivity index (χ4v) is 6.25. The Kier molecular flexibility index (Phi) is 7.25. The van der Waals surface area contributed by atoms with Crippen LogP contribution in [0.25, 0.3) is 10.8 Å². The Bertz CT molecular complexity index is 1420. The normalized spacial score (nSPS) is 15.5. The van der Waals surface area contributed by atoms with Gasteiger partial charge in [0, 0.05) is 49.1 Å². The lowest BCUT2D eigenvalue weighted by Crippen LogP contribution is -2.49. The zero-order valence-electron chi connectivity index (χ0n) is 20.2. The summed E-state index contributed by atoms with van der Waals surface area (Å²) >= 11 is 0. The van der Waals surface area contributed by atoms with Gasteiger partial charge < -0.3 is 4.90 Å². The Hall–Kier alpha value is -3.87. The van der Waals surface area contributed by atoms with Crippen LogP contribution < -0.4 is 0 Å². The molecule has 12 nitrogen and oxygen atoms in total. The molecule has 13 heteroatoms. The van der Waals surface area contributed by atoms with Crippen LogP contribution in [0.15, 0.2) is 30.3 Å². The Morgan fingerprint density at radius 1 is 1.14 bits per heavy atom. The molecule has 2 heterocycles. The summed E-state index contributed by atoms with van der Waals surface area (Å²) < 4.78 is 26.5. The summed E-state index contributed by atoms with van der Waals surface area (Å²) in [5.41, 5.74) is -0.370. The van der Waals surface area contributed by atoms with Gasteiger partial charge in [-0.1, -0.05) is 19.1 Å². The number of hydrogen-bond donors (Lipinski definition) is 0. The van der Waals surface area contributed by atoms with Crippen LogP contribution in [-0.4, -0.2) is 83.0 Å². The fourth-order valence-electron chi connectivity index (χ4n) is 4.74. The van der Waals surface area contributed by atoms with Gasteiger partial charge in [0.25, 0.3) is 23.4 Å². The third kappa shape index (κ3) is 5.03. The molecule has 4 amide bonds. The van der Waals surface area contributed by atoms with Crippen molar-refractivity contribution >= 4 is 50.1 Å². The molecule has 2 aromatic rings. The zero-order chi connectivity index (χ0) is 26.9. The molecule has 0 bridgehead atoms. The monoisotopic (exact) mass is 530 g/mol. The number of rotatable bonds is 10. The van der Waals surface area contributed by atoms with Crippen LogP contribution in [0.5, 0.6) is 0 Å². The lowest BCUT2D eigenvalue weighted by Gasteiger charge is -2.29. The highest BCUT2D eigenvalue weighted by Gasteiger charge is 2.38. The van der Waals surface area contributed by atoms with Crippen molar-refractivity contribution < 1.29 is 32.5 Å². The Morgan fingerprint density at radius 3 is 2.51 bits per heavy atom. The van der Waals surface area contributed by atoms with Crippen LogP contribution in [-0.2, 0) is 19.6 Å².